The Morgan fingerprint density at radius 2 is 2.19 bits per heavy atom. The zero-order valence-corrected chi connectivity index (χ0v) is 18.7. The van der Waals surface area contributed by atoms with Crippen LogP contribution in [-0.4, -0.2) is 23.6 Å². The monoisotopic (exact) mass is 433 g/mol. The average molecular weight is 434 g/mol. The third kappa shape index (κ3) is 6.84. The van der Waals surface area contributed by atoms with Crippen LogP contribution >= 0.6 is 0 Å². The maximum Gasteiger partial charge on any atom is 0.341 e. The van der Waals surface area contributed by atoms with Crippen molar-refractivity contribution in [3.05, 3.63) is 89.8 Å². The van der Waals surface area contributed by atoms with Crippen molar-refractivity contribution in [1.29, 1.82) is 0 Å². The van der Waals surface area contributed by atoms with Crippen LogP contribution in [-0.2, 0) is 20.7 Å². The van der Waals surface area contributed by atoms with Crippen LogP contribution in [0, 0.1) is 11.3 Å². The Balaban J connectivity index is 1.54. The molecule has 168 valence electrons. The predicted octanol–water partition coefficient (Wildman–Crippen LogP) is 5.59. The number of carbonyl (C=O) groups excluding carboxylic acids is 1. The number of anilines is 1. The molecule has 0 fully saturated rings. The number of amides is 1. The van der Waals surface area contributed by atoms with Crippen molar-refractivity contribution in [2.24, 2.45) is 11.3 Å². The molecule has 2 aliphatic carbocycles. The van der Waals surface area contributed by atoms with Gasteiger partial charge in [0.1, 0.15) is 5.76 Å². The van der Waals surface area contributed by atoms with Gasteiger partial charge in [0.25, 0.3) is 5.91 Å². The molecule has 2 aliphatic rings. The van der Waals surface area contributed by atoms with Gasteiger partial charge in [-0.3, -0.25) is 4.79 Å². The molecule has 3 rings (SSSR count). The SMILES string of the molecule is CCc1cccc(NC(=O)C2=CC=CC(C/C=C/C3(C)C=C(OCC(=O)O)C=CC3)C2)c1. The first-order chi connectivity index (χ1) is 15.4. The van der Waals surface area contributed by atoms with Crippen LogP contribution in [0.4, 0.5) is 5.69 Å². The van der Waals surface area contributed by atoms with E-state index >= 15 is 0 Å². The molecule has 0 bridgehead atoms. The van der Waals surface area contributed by atoms with Crippen molar-refractivity contribution < 1.29 is 19.4 Å². The number of allylic oxidation sites excluding steroid dienone is 8. The fourth-order valence-electron chi connectivity index (χ4n) is 3.88. The first kappa shape index (κ1) is 23.3. The van der Waals surface area contributed by atoms with Gasteiger partial charge in [0, 0.05) is 16.7 Å². The van der Waals surface area contributed by atoms with Crippen LogP contribution < -0.4 is 5.32 Å². The van der Waals surface area contributed by atoms with E-state index in [0.29, 0.717) is 12.2 Å². The molecule has 5 nitrogen and oxygen atoms in total. The molecule has 2 N–H and O–H groups in total. The molecule has 0 aliphatic heterocycles. The van der Waals surface area contributed by atoms with E-state index in [2.05, 4.69) is 43.5 Å². The van der Waals surface area contributed by atoms with Crippen LogP contribution in [0.15, 0.2) is 84.2 Å². The number of aliphatic carboxylic acids is 1. The molecule has 32 heavy (non-hydrogen) atoms. The van der Waals surface area contributed by atoms with Gasteiger partial charge in [0.15, 0.2) is 6.61 Å². The molecule has 0 saturated heterocycles. The van der Waals surface area contributed by atoms with Crippen molar-refractivity contribution in [3.8, 4) is 0 Å². The van der Waals surface area contributed by atoms with E-state index in [9.17, 15) is 9.59 Å². The summed E-state index contributed by atoms with van der Waals surface area (Å²) < 4.78 is 5.32. The van der Waals surface area contributed by atoms with Crippen LogP contribution in [0.5, 0.6) is 0 Å². The quantitative estimate of drug-likeness (QED) is 0.498. The summed E-state index contributed by atoms with van der Waals surface area (Å²) in [6.07, 6.45) is 19.3. The maximum absolute atomic E-state index is 12.7. The number of benzene rings is 1. The van der Waals surface area contributed by atoms with Gasteiger partial charge in [-0.1, -0.05) is 62.4 Å². The standard InChI is InChI=1S/C27H31NO4/c1-3-20-8-5-12-23(17-20)28-26(31)22-11-4-9-21(16-22)10-6-14-27(2)15-7-13-24(18-27)32-19-25(29)30/h4-9,11-14,17-18,21H,3,10,15-16,19H2,1-2H3,(H,28,31)(H,29,30)/b14-6+. The molecular formula is C27H31NO4. The predicted molar refractivity (Wildman–Crippen MR) is 127 cm³/mol. The van der Waals surface area contributed by atoms with Crippen molar-refractivity contribution in [2.45, 2.75) is 39.5 Å². The summed E-state index contributed by atoms with van der Waals surface area (Å²) in [5, 5.41) is 11.8. The Morgan fingerprint density at radius 1 is 1.34 bits per heavy atom. The maximum atomic E-state index is 12.7. The number of carboxylic acid groups (broad SMARTS) is 1. The number of carbonyl (C=O) groups is 2. The van der Waals surface area contributed by atoms with Gasteiger partial charge in [-0.05, 0) is 61.4 Å². The lowest BCUT2D eigenvalue weighted by molar-refractivity contribution is -0.140. The number of hydrogen-bond donors (Lipinski definition) is 2. The van der Waals surface area contributed by atoms with E-state index in [1.165, 1.54) is 5.56 Å². The van der Waals surface area contributed by atoms with Crippen molar-refractivity contribution in [1.82, 2.24) is 0 Å². The second kappa shape index (κ2) is 10.8. The van der Waals surface area contributed by atoms with Crippen LogP contribution in [0.3, 0.4) is 0 Å². The lowest BCUT2D eigenvalue weighted by Crippen LogP contribution is -2.18. The van der Waals surface area contributed by atoms with Gasteiger partial charge < -0.3 is 15.2 Å². The molecular weight excluding hydrogens is 402 g/mol. The summed E-state index contributed by atoms with van der Waals surface area (Å²) in [6, 6.07) is 7.95. The Hall–Kier alpha value is -3.34. The van der Waals surface area contributed by atoms with Gasteiger partial charge in [-0.2, -0.15) is 0 Å². The van der Waals surface area contributed by atoms with Crippen LogP contribution in [0.2, 0.25) is 0 Å². The number of nitrogens with one attached hydrogen (secondary N) is 1. The number of rotatable bonds is 9. The van der Waals surface area contributed by atoms with Crippen LogP contribution in [0.25, 0.3) is 0 Å². The molecule has 5 heteroatoms. The summed E-state index contributed by atoms with van der Waals surface area (Å²) in [4.78, 5) is 23.5. The Morgan fingerprint density at radius 3 is 2.97 bits per heavy atom. The molecule has 0 spiro atoms. The Labute approximate surface area is 189 Å². The summed E-state index contributed by atoms with van der Waals surface area (Å²) >= 11 is 0. The average Bonchev–Trinajstić information content (AvgIpc) is 2.78. The molecule has 2 unspecified atom stereocenters. The third-order valence-electron chi connectivity index (χ3n) is 5.66. The lowest BCUT2D eigenvalue weighted by atomic mass is 9.82. The highest BCUT2D eigenvalue weighted by Crippen LogP contribution is 2.33. The topological polar surface area (TPSA) is 75.6 Å². The molecule has 0 radical (unpaired) electrons. The van der Waals surface area contributed by atoms with Crippen molar-refractivity contribution in [3.63, 3.8) is 0 Å². The summed E-state index contributed by atoms with van der Waals surface area (Å²) in [5.41, 5.74) is 2.58. The minimum atomic E-state index is -0.989. The largest absolute Gasteiger partial charge is 0.482 e. The smallest absolute Gasteiger partial charge is 0.341 e. The first-order valence-corrected chi connectivity index (χ1v) is 11.1. The number of carboxylic acids is 1. The van der Waals surface area contributed by atoms with E-state index in [-0.39, 0.29) is 23.8 Å². The van der Waals surface area contributed by atoms with E-state index in [1.807, 2.05) is 48.6 Å². The summed E-state index contributed by atoms with van der Waals surface area (Å²) in [5.74, 6) is -0.202. The molecule has 1 amide bonds. The highest BCUT2D eigenvalue weighted by Gasteiger charge is 2.22. The van der Waals surface area contributed by atoms with Gasteiger partial charge in [-0.15, -0.1) is 0 Å². The molecule has 2 atom stereocenters. The van der Waals surface area contributed by atoms with Gasteiger partial charge in [0.05, 0.1) is 0 Å². The molecule has 0 aromatic heterocycles. The Kier molecular flexibility index (Phi) is 7.87. The summed E-state index contributed by atoms with van der Waals surface area (Å²) in [7, 11) is 0. The first-order valence-electron chi connectivity index (χ1n) is 11.1. The van der Waals surface area contributed by atoms with E-state index in [0.717, 1.165) is 30.5 Å². The zero-order valence-electron chi connectivity index (χ0n) is 18.7. The van der Waals surface area contributed by atoms with Crippen LogP contribution in [0.1, 0.15) is 38.7 Å². The minimum absolute atomic E-state index is 0.0517. The highest BCUT2D eigenvalue weighted by molar-refractivity contribution is 6.04. The second-order valence-electron chi connectivity index (χ2n) is 8.53. The fraction of sp³-hybridized carbons (Fsp3) is 0.333. The molecule has 1 aromatic carbocycles. The number of aryl methyl sites for hydroxylation is 1. The molecule has 1 aromatic rings. The second-order valence-corrected chi connectivity index (χ2v) is 8.53. The van der Waals surface area contributed by atoms with E-state index in [4.69, 9.17) is 9.84 Å². The fourth-order valence-corrected chi connectivity index (χ4v) is 3.88. The third-order valence-corrected chi connectivity index (χ3v) is 5.66. The van der Waals surface area contributed by atoms with E-state index in [1.54, 1.807) is 0 Å². The molecule has 0 saturated carbocycles. The normalized spacial score (nSPS) is 22.4. The van der Waals surface area contributed by atoms with Gasteiger partial charge in [-0.25, -0.2) is 4.79 Å². The van der Waals surface area contributed by atoms with Gasteiger partial charge in [0.2, 0.25) is 0 Å². The minimum Gasteiger partial charge on any atom is -0.482 e. The van der Waals surface area contributed by atoms with E-state index < -0.39 is 5.97 Å². The Bertz CT molecular complexity index is 999. The molecule has 0 heterocycles. The lowest BCUT2D eigenvalue weighted by Gasteiger charge is -2.25. The number of ether oxygens (including phenoxy) is 1. The highest BCUT2D eigenvalue weighted by atomic mass is 16.5. The number of hydrogen-bond acceptors (Lipinski definition) is 3. The van der Waals surface area contributed by atoms with Gasteiger partial charge >= 0.3 is 5.97 Å². The van der Waals surface area contributed by atoms with Crippen molar-refractivity contribution >= 4 is 17.6 Å². The van der Waals surface area contributed by atoms with Crippen molar-refractivity contribution in [2.75, 3.05) is 11.9 Å². The zero-order chi connectivity index (χ0) is 23.0. The summed E-state index contributed by atoms with van der Waals surface area (Å²) in [6.45, 7) is 3.84.